The van der Waals surface area contributed by atoms with Crippen molar-refractivity contribution in [3.8, 4) is 0 Å². The second kappa shape index (κ2) is 7.79. The summed E-state index contributed by atoms with van der Waals surface area (Å²) in [4.78, 5) is 41.5. The highest BCUT2D eigenvalue weighted by Crippen LogP contribution is 2.13. The number of anilines is 2. The fourth-order valence-corrected chi connectivity index (χ4v) is 2.62. The second-order valence-electron chi connectivity index (χ2n) is 5.58. The second-order valence-corrected chi connectivity index (χ2v) is 5.58. The van der Waals surface area contributed by atoms with Gasteiger partial charge in [-0.15, -0.1) is 0 Å². The first kappa shape index (κ1) is 17.8. The van der Waals surface area contributed by atoms with Gasteiger partial charge in [-0.1, -0.05) is 0 Å². The Balaban J connectivity index is 1.98. The molecule has 24 heavy (non-hydrogen) atoms. The highest BCUT2D eigenvalue weighted by Gasteiger charge is 2.25. The van der Waals surface area contributed by atoms with E-state index in [4.69, 9.17) is 17.2 Å². The molecule has 0 bridgehead atoms. The maximum Gasteiger partial charge on any atom is 0.317 e. The monoisotopic (exact) mass is 337 g/mol. The molecule has 1 saturated heterocycles. The fourth-order valence-electron chi connectivity index (χ4n) is 2.62. The number of nitrogens with two attached hydrogens (primary N) is 3. The topological polar surface area (TPSA) is 164 Å². The van der Waals surface area contributed by atoms with E-state index in [1.165, 1.54) is 12.3 Å². The van der Waals surface area contributed by atoms with Gasteiger partial charge in [0.2, 0.25) is 11.3 Å². The Labute approximate surface area is 139 Å². The minimum Gasteiger partial charge on any atom is -0.364 e. The largest absolute Gasteiger partial charge is 0.364 e. The van der Waals surface area contributed by atoms with Gasteiger partial charge in [0.15, 0.2) is 0 Å². The minimum absolute atomic E-state index is 0.116. The summed E-state index contributed by atoms with van der Waals surface area (Å²) < 4.78 is 0. The standard InChI is InChI=1S/C14H23N7O3/c15-2-1-9(16)13(23)21-5-3-20(4-6-21)10-8-18-12(7-11(10)22)19-14(17)24/h7-9H,1-6,15-16H2,(H4,17,18,19,22,24)/t9-/m0/s1. The van der Waals surface area contributed by atoms with Gasteiger partial charge < -0.3 is 32.0 Å². The van der Waals surface area contributed by atoms with Gasteiger partial charge in [-0.05, 0) is 13.0 Å². The smallest absolute Gasteiger partial charge is 0.317 e. The number of H-pyrrole nitrogens is 1. The average Bonchev–Trinajstić information content (AvgIpc) is 2.54. The molecule has 1 aromatic heterocycles. The molecule has 1 aliphatic rings. The molecule has 1 aliphatic heterocycles. The van der Waals surface area contributed by atoms with Crippen LogP contribution in [-0.2, 0) is 4.79 Å². The Morgan fingerprint density at radius 1 is 1.29 bits per heavy atom. The summed E-state index contributed by atoms with van der Waals surface area (Å²) in [5, 5.41) is 2.31. The van der Waals surface area contributed by atoms with Crippen LogP contribution < -0.4 is 32.8 Å². The summed E-state index contributed by atoms with van der Waals surface area (Å²) in [6.07, 6.45) is 1.97. The number of piperazine rings is 1. The lowest BCUT2D eigenvalue weighted by Gasteiger charge is -2.36. The van der Waals surface area contributed by atoms with Crippen LogP contribution in [0.25, 0.3) is 0 Å². The average molecular weight is 337 g/mol. The Morgan fingerprint density at radius 3 is 2.50 bits per heavy atom. The first-order chi connectivity index (χ1) is 11.4. The van der Waals surface area contributed by atoms with Gasteiger partial charge in [0, 0.05) is 38.4 Å². The predicted molar refractivity (Wildman–Crippen MR) is 90.7 cm³/mol. The van der Waals surface area contributed by atoms with Crippen LogP contribution in [-0.4, -0.2) is 60.6 Å². The van der Waals surface area contributed by atoms with Gasteiger partial charge in [0.1, 0.15) is 11.5 Å². The minimum atomic E-state index is -0.751. The van der Waals surface area contributed by atoms with Crippen LogP contribution in [0.15, 0.2) is 17.1 Å². The Morgan fingerprint density at radius 2 is 1.96 bits per heavy atom. The fraction of sp³-hybridized carbons (Fsp3) is 0.500. The van der Waals surface area contributed by atoms with Crippen LogP contribution in [0.1, 0.15) is 6.42 Å². The molecule has 1 atom stereocenters. The number of pyridine rings is 1. The van der Waals surface area contributed by atoms with Crippen molar-refractivity contribution >= 4 is 23.4 Å². The number of nitrogens with one attached hydrogen (secondary N) is 2. The molecule has 10 heteroatoms. The summed E-state index contributed by atoms with van der Waals surface area (Å²) in [7, 11) is 0. The Hall–Kier alpha value is -2.59. The van der Waals surface area contributed by atoms with Crippen LogP contribution in [0.3, 0.4) is 0 Å². The molecular formula is C14H23N7O3. The number of carbonyl (C=O) groups is 2. The zero-order chi connectivity index (χ0) is 17.7. The molecular weight excluding hydrogens is 314 g/mol. The van der Waals surface area contributed by atoms with Crippen molar-refractivity contribution < 1.29 is 9.59 Å². The number of nitrogens with zero attached hydrogens (tertiary/aromatic N) is 2. The van der Waals surface area contributed by atoms with E-state index in [-0.39, 0.29) is 17.2 Å². The lowest BCUT2D eigenvalue weighted by Crippen LogP contribution is -2.54. The number of aromatic amines is 1. The molecule has 0 radical (unpaired) electrons. The van der Waals surface area contributed by atoms with E-state index >= 15 is 0 Å². The third kappa shape index (κ3) is 4.24. The Kier molecular flexibility index (Phi) is 5.77. The molecule has 1 fully saturated rings. The van der Waals surface area contributed by atoms with Crippen LogP contribution in [0, 0.1) is 0 Å². The summed E-state index contributed by atoms with van der Waals surface area (Å²) in [5.41, 5.74) is 16.5. The molecule has 0 saturated carbocycles. The molecule has 0 unspecified atom stereocenters. The molecule has 2 heterocycles. The van der Waals surface area contributed by atoms with Gasteiger partial charge in [-0.3, -0.25) is 14.9 Å². The summed E-state index contributed by atoms with van der Waals surface area (Å²) in [5.74, 6) is 0.118. The summed E-state index contributed by atoms with van der Waals surface area (Å²) in [6.45, 7) is 2.38. The third-order valence-corrected chi connectivity index (χ3v) is 3.88. The summed E-state index contributed by atoms with van der Waals surface area (Å²) >= 11 is 0. The lowest BCUT2D eigenvalue weighted by atomic mass is 10.1. The normalized spacial score (nSPS) is 15.9. The van der Waals surface area contributed by atoms with Gasteiger partial charge >= 0.3 is 6.03 Å². The van der Waals surface area contributed by atoms with E-state index in [0.717, 1.165) is 0 Å². The zero-order valence-electron chi connectivity index (χ0n) is 13.3. The Bertz CT molecular complexity index is 652. The quantitative estimate of drug-likeness (QED) is 0.425. The van der Waals surface area contributed by atoms with Crippen molar-refractivity contribution in [3.05, 3.63) is 22.5 Å². The molecule has 8 N–H and O–H groups in total. The van der Waals surface area contributed by atoms with Crippen molar-refractivity contribution in [2.24, 2.45) is 17.2 Å². The van der Waals surface area contributed by atoms with E-state index in [1.54, 1.807) is 4.90 Å². The van der Waals surface area contributed by atoms with Crippen molar-refractivity contribution in [3.63, 3.8) is 0 Å². The maximum absolute atomic E-state index is 12.2. The summed E-state index contributed by atoms with van der Waals surface area (Å²) in [6, 6.07) is -0.0575. The van der Waals surface area contributed by atoms with Crippen LogP contribution >= 0.6 is 0 Å². The molecule has 1 aromatic rings. The van der Waals surface area contributed by atoms with E-state index in [0.29, 0.717) is 44.8 Å². The SMILES string of the molecule is NCC[C@H](N)C(=O)N1CCN(c2c[nH]c(NC(N)=O)cc2=O)CC1. The van der Waals surface area contributed by atoms with Gasteiger partial charge in [0.25, 0.3) is 0 Å². The van der Waals surface area contributed by atoms with Gasteiger partial charge in [-0.2, -0.15) is 0 Å². The molecule has 0 aliphatic carbocycles. The van der Waals surface area contributed by atoms with E-state index in [1.807, 2.05) is 4.90 Å². The third-order valence-electron chi connectivity index (χ3n) is 3.88. The van der Waals surface area contributed by atoms with Crippen molar-refractivity contribution in [2.75, 3.05) is 42.9 Å². The zero-order valence-corrected chi connectivity index (χ0v) is 13.3. The molecule has 2 rings (SSSR count). The van der Waals surface area contributed by atoms with E-state index in [2.05, 4.69) is 10.3 Å². The number of primary amides is 1. The molecule has 10 nitrogen and oxygen atoms in total. The lowest BCUT2D eigenvalue weighted by molar-refractivity contribution is -0.133. The maximum atomic E-state index is 12.2. The highest BCUT2D eigenvalue weighted by atomic mass is 16.2. The van der Waals surface area contributed by atoms with Crippen LogP contribution in [0.5, 0.6) is 0 Å². The van der Waals surface area contributed by atoms with E-state index in [9.17, 15) is 14.4 Å². The van der Waals surface area contributed by atoms with E-state index < -0.39 is 12.1 Å². The number of urea groups is 1. The number of hydrogen-bond donors (Lipinski definition) is 5. The molecule has 0 spiro atoms. The first-order valence-corrected chi connectivity index (χ1v) is 7.71. The molecule has 0 aromatic carbocycles. The van der Waals surface area contributed by atoms with Gasteiger partial charge in [0.05, 0.1) is 6.04 Å². The van der Waals surface area contributed by atoms with Crippen LogP contribution in [0.4, 0.5) is 16.3 Å². The van der Waals surface area contributed by atoms with Gasteiger partial charge in [-0.25, -0.2) is 4.79 Å². The highest BCUT2D eigenvalue weighted by molar-refractivity contribution is 5.86. The van der Waals surface area contributed by atoms with Crippen molar-refractivity contribution in [1.29, 1.82) is 0 Å². The number of hydrogen-bond acceptors (Lipinski definition) is 6. The number of carbonyl (C=O) groups excluding carboxylic acids is 2. The van der Waals surface area contributed by atoms with Crippen LogP contribution in [0.2, 0.25) is 0 Å². The number of amides is 3. The first-order valence-electron chi connectivity index (χ1n) is 7.71. The van der Waals surface area contributed by atoms with Crippen molar-refractivity contribution in [2.45, 2.75) is 12.5 Å². The molecule has 3 amide bonds. The number of rotatable bonds is 5. The number of aromatic nitrogens is 1. The predicted octanol–water partition coefficient (Wildman–Crippen LogP) is -1.81. The molecule has 132 valence electrons. The van der Waals surface area contributed by atoms with Crippen molar-refractivity contribution in [1.82, 2.24) is 9.88 Å².